The van der Waals surface area contributed by atoms with Gasteiger partial charge >= 0.3 is 0 Å². The summed E-state index contributed by atoms with van der Waals surface area (Å²) in [6, 6.07) is 12.8. The largest absolute Gasteiger partial charge is 0.241 e. The molecular weight excluding hydrogens is 370 g/mol. The molecule has 0 atom stereocenters. The fraction of sp³-hybridized carbons (Fsp3) is 0.100. The Kier molecular flexibility index (Phi) is 4.61. The number of thiazole rings is 2. The Morgan fingerprint density at radius 2 is 1.54 bits per heavy atom. The van der Waals surface area contributed by atoms with E-state index in [0.717, 1.165) is 37.4 Å². The lowest BCUT2D eigenvalue weighted by molar-refractivity contribution is 0.627. The van der Waals surface area contributed by atoms with E-state index in [-0.39, 0.29) is 11.6 Å². The number of benzene rings is 2. The molecular formula is C20H14F2N2S2. The van der Waals surface area contributed by atoms with E-state index >= 15 is 0 Å². The molecule has 2 aromatic heterocycles. The van der Waals surface area contributed by atoms with E-state index in [4.69, 9.17) is 4.98 Å². The lowest BCUT2D eigenvalue weighted by atomic mass is 10.1. The molecule has 4 aromatic rings. The van der Waals surface area contributed by atoms with Crippen LogP contribution in [-0.2, 0) is 6.42 Å². The summed E-state index contributed by atoms with van der Waals surface area (Å²) < 4.78 is 26.1. The Balaban J connectivity index is 1.59. The van der Waals surface area contributed by atoms with Crippen molar-refractivity contribution in [3.05, 3.63) is 81.8 Å². The van der Waals surface area contributed by atoms with Gasteiger partial charge in [0, 0.05) is 17.4 Å². The second-order valence-corrected chi connectivity index (χ2v) is 7.81. The molecule has 4 rings (SSSR count). The summed E-state index contributed by atoms with van der Waals surface area (Å²) >= 11 is 3.14. The standard InChI is InChI=1S/C20H14F2N2S2/c1-12-19(26-20(23-12)14-4-8-16(22)9-5-14)17-11-25-18(24-17)10-13-2-6-15(21)7-3-13/h2-9,11H,10H2,1H3. The van der Waals surface area contributed by atoms with Gasteiger partial charge in [-0.3, -0.25) is 0 Å². The van der Waals surface area contributed by atoms with Crippen LogP contribution in [0.2, 0.25) is 0 Å². The number of aryl methyl sites for hydroxylation is 1. The van der Waals surface area contributed by atoms with Gasteiger partial charge in [-0.1, -0.05) is 12.1 Å². The van der Waals surface area contributed by atoms with E-state index in [1.165, 1.54) is 24.3 Å². The van der Waals surface area contributed by atoms with E-state index in [1.54, 1.807) is 46.9 Å². The van der Waals surface area contributed by atoms with E-state index in [1.807, 2.05) is 12.3 Å². The highest BCUT2D eigenvalue weighted by molar-refractivity contribution is 7.19. The van der Waals surface area contributed by atoms with Crippen LogP contribution in [0.15, 0.2) is 53.9 Å². The van der Waals surface area contributed by atoms with Crippen molar-refractivity contribution in [3.63, 3.8) is 0 Å². The molecule has 130 valence electrons. The van der Waals surface area contributed by atoms with Crippen molar-refractivity contribution in [1.82, 2.24) is 9.97 Å². The molecule has 0 aliphatic heterocycles. The van der Waals surface area contributed by atoms with Crippen LogP contribution >= 0.6 is 22.7 Å². The molecule has 0 radical (unpaired) electrons. The summed E-state index contributed by atoms with van der Waals surface area (Å²) in [5.41, 5.74) is 3.73. The van der Waals surface area contributed by atoms with Gasteiger partial charge in [0.15, 0.2) is 0 Å². The van der Waals surface area contributed by atoms with Gasteiger partial charge in [0.25, 0.3) is 0 Å². The van der Waals surface area contributed by atoms with Gasteiger partial charge in [-0.2, -0.15) is 0 Å². The molecule has 0 saturated carbocycles. The van der Waals surface area contributed by atoms with E-state index < -0.39 is 0 Å². The predicted molar refractivity (Wildman–Crippen MR) is 103 cm³/mol. The highest BCUT2D eigenvalue weighted by Gasteiger charge is 2.14. The lowest BCUT2D eigenvalue weighted by Crippen LogP contribution is -1.88. The zero-order valence-electron chi connectivity index (χ0n) is 13.9. The van der Waals surface area contributed by atoms with Crippen molar-refractivity contribution < 1.29 is 8.78 Å². The van der Waals surface area contributed by atoms with Gasteiger partial charge in [-0.15, -0.1) is 22.7 Å². The SMILES string of the molecule is Cc1nc(-c2ccc(F)cc2)sc1-c1csc(Cc2ccc(F)cc2)n1. The molecule has 0 bridgehead atoms. The molecule has 0 unspecified atom stereocenters. The minimum absolute atomic E-state index is 0.234. The maximum atomic E-state index is 13.1. The Morgan fingerprint density at radius 3 is 2.23 bits per heavy atom. The van der Waals surface area contributed by atoms with Crippen LogP contribution in [0.4, 0.5) is 8.78 Å². The Morgan fingerprint density at radius 1 is 0.885 bits per heavy atom. The number of halogens is 2. The third-order valence-electron chi connectivity index (χ3n) is 3.94. The average Bonchev–Trinajstić information content (AvgIpc) is 3.24. The number of aromatic nitrogens is 2. The van der Waals surface area contributed by atoms with Crippen LogP contribution in [0.25, 0.3) is 21.1 Å². The summed E-state index contributed by atoms with van der Waals surface area (Å²) in [6.45, 7) is 1.96. The Hall–Kier alpha value is -2.44. The first-order valence-electron chi connectivity index (χ1n) is 8.01. The maximum Gasteiger partial charge on any atom is 0.124 e. The van der Waals surface area contributed by atoms with E-state index in [2.05, 4.69) is 4.98 Å². The third kappa shape index (κ3) is 3.57. The van der Waals surface area contributed by atoms with Crippen molar-refractivity contribution in [2.75, 3.05) is 0 Å². The Bertz CT molecular complexity index is 1030. The van der Waals surface area contributed by atoms with Gasteiger partial charge in [0.05, 0.1) is 21.3 Å². The van der Waals surface area contributed by atoms with Gasteiger partial charge in [0.1, 0.15) is 16.6 Å². The van der Waals surface area contributed by atoms with Crippen LogP contribution in [0, 0.1) is 18.6 Å². The molecule has 0 fully saturated rings. The Labute approximate surface area is 157 Å². The normalized spacial score (nSPS) is 11.0. The number of hydrogen-bond acceptors (Lipinski definition) is 4. The fourth-order valence-electron chi connectivity index (χ4n) is 2.62. The maximum absolute atomic E-state index is 13.1. The van der Waals surface area contributed by atoms with Crippen molar-refractivity contribution >= 4 is 22.7 Å². The first kappa shape index (κ1) is 17.0. The molecule has 2 nitrogen and oxygen atoms in total. The highest BCUT2D eigenvalue weighted by atomic mass is 32.1. The van der Waals surface area contributed by atoms with Crippen LogP contribution < -0.4 is 0 Å². The molecule has 0 aliphatic rings. The van der Waals surface area contributed by atoms with Crippen LogP contribution in [-0.4, -0.2) is 9.97 Å². The second-order valence-electron chi connectivity index (χ2n) is 5.87. The van der Waals surface area contributed by atoms with Gasteiger partial charge in [-0.05, 0) is 48.9 Å². The lowest BCUT2D eigenvalue weighted by Gasteiger charge is -1.97. The molecule has 0 amide bonds. The summed E-state index contributed by atoms with van der Waals surface area (Å²) in [4.78, 5) is 10.3. The van der Waals surface area contributed by atoms with Crippen LogP contribution in [0.3, 0.4) is 0 Å². The first-order chi connectivity index (χ1) is 12.6. The van der Waals surface area contributed by atoms with Gasteiger partial charge < -0.3 is 0 Å². The number of nitrogens with zero attached hydrogens (tertiary/aromatic N) is 2. The smallest absolute Gasteiger partial charge is 0.124 e. The second kappa shape index (κ2) is 7.05. The zero-order chi connectivity index (χ0) is 18.1. The molecule has 0 aliphatic carbocycles. The molecule has 2 heterocycles. The van der Waals surface area contributed by atoms with E-state index in [9.17, 15) is 8.78 Å². The van der Waals surface area contributed by atoms with Crippen LogP contribution in [0.1, 0.15) is 16.3 Å². The summed E-state index contributed by atoms with van der Waals surface area (Å²) in [7, 11) is 0. The molecule has 6 heteroatoms. The quantitative estimate of drug-likeness (QED) is 0.424. The third-order valence-corrected chi connectivity index (χ3v) is 6.02. The zero-order valence-corrected chi connectivity index (χ0v) is 15.5. The molecule has 26 heavy (non-hydrogen) atoms. The predicted octanol–water partition coefficient (Wildman–Crippen LogP) is 6.11. The topological polar surface area (TPSA) is 25.8 Å². The molecule has 0 spiro atoms. The number of hydrogen-bond donors (Lipinski definition) is 0. The van der Waals surface area contributed by atoms with Crippen LogP contribution in [0.5, 0.6) is 0 Å². The molecule has 0 N–H and O–H groups in total. The van der Waals surface area contributed by atoms with Crippen molar-refractivity contribution in [3.8, 4) is 21.1 Å². The fourth-order valence-corrected chi connectivity index (χ4v) is 4.55. The van der Waals surface area contributed by atoms with Gasteiger partial charge in [-0.25, -0.2) is 18.7 Å². The highest BCUT2D eigenvalue weighted by Crippen LogP contribution is 2.35. The van der Waals surface area contributed by atoms with Crippen molar-refractivity contribution in [1.29, 1.82) is 0 Å². The molecule has 2 aromatic carbocycles. The minimum atomic E-state index is -0.257. The van der Waals surface area contributed by atoms with Gasteiger partial charge in [0.2, 0.25) is 0 Å². The summed E-state index contributed by atoms with van der Waals surface area (Å²) in [5.74, 6) is -0.491. The van der Waals surface area contributed by atoms with Crippen molar-refractivity contribution in [2.45, 2.75) is 13.3 Å². The summed E-state index contributed by atoms with van der Waals surface area (Å²) in [5, 5.41) is 3.85. The van der Waals surface area contributed by atoms with E-state index in [0.29, 0.717) is 6.42 Å². The first-order valence-corrected chi connectivity index (χ1v) is 9.71. The summed E-state index contributed by atoms with van der Waals surface area (Å²) in [6.07, 6.45) is 0.674. The molecule has 0 saturated heterocycles. The monoisotopic (exact) mass is 384 g/mol. The average molecular weight is 384 g/mol. The van der Waals surface area contributed by atoms with Crippen molar-refractivity contribution in [2.24, 2.45) is 0 Å². The minimum Gasteiger partial charge on any atom is -0.241 e. The number of rotatable bonds is 4.